The summed E-state index contributed by atoms with van der Waals surface area (Å²) in [6.45, 7) is 0. The molecule has 0 saturated heterocycles. The van der Waals surface area contributed by atoms with E-state index in [4.69, 9.17) is 4.74 Å². The molecule has 1 aromatic carbocycles. The first kappa shape index (κ1) is 11.8. The van der Waals surface area contributed by atoms with Crippen molar-refractivity contribution >= 4 is 21.8 Å². The number of ether oxygens (including phenoxy) is 1. The first-order valence-electron chi connectivity index (χ1n) is 5.31. The standard InChI is InChI=1S/C12H7F3N2O2/c1-18-11-8-9(17-19-10(8)12(13,14)15)6-4-2-3-5-7(6)16-11/h2-5H,1H3. The number of benzene rings is 1. The monoisotopic (exact) mass is 268 g/mol. The van der Waals surface area contributed by atoms with Crippen molar-refractivity contribution < 1.29 is 22.4 Å². The Morgan fingerprint density at radius 1 is 1.21 bits per heavy atom. The van der Waals surface area contributed by atoms with Crippen molar-refractivity contribution in [1.82, 2.24) is 10.1 Å². The smallest absolute Gasteiger partial charge is 0.453 e. The van der Waals surface area contributed by atoms with E-state index in [9.17, 15) is 13.2 Å². The summed E-state index contributed by atoms with van der Waals surface area (Å²) >= 11 is 0. The van der Waals surface area contributed by atoms with Crippen LogP contribution in [-0.2, 0) is 6.18 Å². The van der Waals surface area contributed by atoms with Crippen LogP contribution in [0.5, 0.6) is 5.88 Å². The zero-order chi connectivity index (χ0) is 13.6. The summed E-state index contributed by atoms with van der Waals surface area (Å²) in [6, 6.07) is 6.72. The minimum absolute atomic E-state index is 0.0924. The van der Waals surface area contributed by atoms with E-state index in [1.54, 1.807) is 24.3 Å². The minimum Gasteiger partial charge on any atom is -0.480 e. The summed E-state index contributed by atoms with van der Waals surface area (Å²) in [5.74, 6) is -1.35. The van der Waals surface area contributed by atoms with Gasteiger partial charge < -0.3 is 9.26 Å². The molecule has 7 heteroatoms. The van der Waals surface area contributed by atoms with E-state index in [0.29, 0.717) is 10.9 Å². The number of alkyl halides is 3. The van der Waals surface area contributed by atoms with Crippen LogP contribution in [-0.4, -0.2) is 17.3 Å². The molecule has 0 amide bonds. The van der Waals surface area contributed by atoms with Crippen molar-refractivity contribution in [2.75, 3.05) is 7.11 Å². The summed E-state index contributed by atoms with van der Waals surface area (Å²) in [5, 5.41) is 3.73. The molecule has 0 fully saturated rings. The maximum atomic E-state index is 12.9. The topological polar surface area (TPSA) is 48.2 Å². The van der Waals surface area contributed by atoms with Gasteiger partial charge >= 0.3 is 6.18 Å². The highest BCUT2D eigenvalue weighted by Crippen LogP contribution is 2.40. The molecule has 4 nitrogen and oxygen atoms in total. The lowest BCUT2D eigenvalue weighted by Gasteiger charge is -2.06. The van der Waals surface area contributed by atoms with Gasteiger partial charge in [-0.05, 0) is 6.07 Å². The van der Waals surface area contributed by atoms with Gasteiger partial charge in [-0.15, -0.1) is 0 Å². The van der Waals surface area contributed by atoms with Gasteiger partial charge in [-0.1, -0.05) is 23.4 Å². The van der Waals surface area contributed by atoms with Crippen LogP contribution in [0.3, 0.4) is 0 Å². The van der Waals surface area contributed by atoms with E-state index in [-0.39, 0.29) is 16.8 Å². The van der Waals surface area contributed by atoms with Crippen molar-refractivity contribution in [3.8, 4) is 5.88 Å². The minimum atomic E-state index is -4.65. The third-order valence-electron chi connectivity index (χ3n) is 2.74. The molecular weight excluding hydrogens is 261 g/mol. The Balaban J connectivity index is 2.50. The number of rotatable bonds is 1. The van der Waals surface area contributed by atoms with Crippen molar-refractivity contribution in [1.29, 1.82) is 0 Å². The first-order chi connectivity index (χ1) is 9.02. The normalized spacial score (nSPS) is 12.2. The van der Waals surface area contributed by atoms with E-state index in [0.717, 1.165) is 0 Å². The summed E-state index contributed by atoms with van der Waals surface area (Å²) in [6.07, 6.45) is -4.65. The fraction of sp³-hybridized carbons (Fsp3) is 0.167. The number of hydrogen-bond acceptors (Lipinski definition) is 4. The molecule has 0 radical (unpaired) electrons. The highest BCUT2D eigenvalue weighted by Gasteiger charge is 2.40. The summed E-state index contributed by atoms with van der Waals surface area (Å²) in [5.41, 5.74) is 0.587. The molecule has 19 heavy (non-hydrogen) atoms. The second-order valence-corrected chi connectivity index (χ2v) is 3.87. The van der Waals surface area contributed by atoms with E-state index in [2.05, 4.69) is 14.7 Å². The quantitative estimate of drug-likeness (QED) is 0.678. The van der Waals surface area contributed by atoms with E-state index in [1.165, 1.54) is 7.11 Å². The van der Waals surface area contributed by atoms with Gasteiger partial charge in [0, 0.05) is 5.39 Å². The third-order valence-corrected chi connectivity index (χ3v) is 2.74. The predicted molar refractivity (Wildman–Crippen MR) is 60.9 cm³/mol. The van der Waals surface area contributed by atoms with Gasteiger partial charge in [0.25, 0.3) is 5.76 Å². The van der Waals surface area contributed by atoms with Gasteiger partial charge in [0.15, 0.2) is 0 Å². The van der Waals surface area contributed by atoms with Crippen LogP contribution in [0, 0.1) is 0 Å². The maximum absolute atomic E-state index is 12.9. The summed E-state index contributed by atoms with van der Waals surface area (Å²) < 4.78 is 47.9. The molecule has 3 aromatic rings. The first-order valence-corrected chi connectivity index (χ1v) is 5.31. The summed E-state index contributed by atoms with van der Waals surface area (Å²) in [7, 11) is 1.25. The van der Waals surface area contributed by atoms with Crippen molar-refractivity contribution in [3.63, 3.8) is 0 Å². The van der Waals surface area contributed by atoms with Crippen LogP contribution in [0.15, 0.2) is 28.8 Å². The molecule has 0 aliphatic rings. The van der Waals surface area contributed by atoms with Gasteiger partial charge in [-0.3, -0.25) is 0 Å². The second-order valence-electron chi connectivity index (χ2n) is 3.87. The number of hydrogen-bond donors (Lipinski definition) is 0. The highest BCUT2D eigenvalue weighted by atomic mass is 19.4. The van der Waals surface area contributed by atoms with Gasteiger partial charge in [-0.2, -0.15) is 13.2 Å². The number of para-hydroxylation sites is 1. The molecule has 2 heterocycles. The zero-order valence-corrected chi connectivity index (χ0v) is 9.65. The molecule has 0 atom stereocenters. The summed E-state index contributed by atoms with van der Waals surface area (Å²) in [4.78, 5) is 4.05. The van der Waals surface area contributed by atoms with Crippen molar-refractivity contribution in [3.05, 3.63) is 30.0 Å². The number of aromatic nitrogens is 2. The number of methoxy groups -OCH3 is 1. The Hall–Kier alpha value is -2.31. The Bertz CT molecular complexity index is 765. The highest BCUT2D eigenvalue weighted by molar-refractivity contribution is 6.06. The molecule has 2 aromatic heterocycles. The molecular formula is C12H7F3N2O2. The molecule has 0 spiro atoms. The van der Waals surface area contributed by atoms with Gasteiger partial charge in [0.05, 0.1) is 12.6 Å². The Labute approximate surface area is 104 Å². The molecule has 0 saturated carbocycles. The fourth-order valence-electron chi connectivity index (χ4n) is 1.95. The molecule has 0 unspecified atom stereocenters. The van der Waals surface area contributed by atoms with E-state index < -0.39 is 11.9 Å². The van der Waals surface area contributed by atoms with Crippen LogP contribution >= 0.6 is 0 Å². The molecule has 3 rings (SSSR count). The SMILES string of the molecule is COc1nc2ccccc2c2noc(C(F)(F)F)c12. The Kier molecular flexibility index (Phi) is 2.38. The lowest BCUT2D eigenvalue weighted by molar-refractivity contribution is -0.154. The molecule has 98 valence electrons. The average molecular weight is 268 g/mol. The predicted octanol–water partition coefficient (Wildman–Crippen LogP) is 3.40. The van der Waals surface area contributed by atoms with Crippen LogP contribution in [0.4, 0.5) is 13.2 Å². The van der Waals surface area contributed by atoms with Crippen molar-refractivity contribution in [2.45, 2.75) is 6.18 Å². The number of halogens is 3. The second kappa shape index (κ2) is 3.84. The lowest BCUT2D eigenvalue weighted by Crippen LogP contribution is -2.04. The number of fused-ring (bicyclic) bond motifs is 3. The maximum Gasteiger partial charge on any atom is 0.453 e. The van der Waals surface area contributed by atoms with Crippen LogP contribution in [0.2, 0.25) is 0 Å². The lowest BCUT2D eigenvalue weighted by atomic mass is 10.1. The van der Waals surface area contributed by atoms with E-state index in [1.807, 2.05) is 0 Å². The number of pyridine rings is 1. The van der Waals surface area contributed by atoms with Crippen LogP contribution < -0.4 is 4.74 Å². The Morgan fingerprint density at radius 3 is 2.63 bits per heavy atom. The van der Waals surface area contributed by atoms with Crippen LogP contribution in [0.1, 0.15) is 5.76 Å². The van der Waals surface area contributed by atoms with Gasteiger partial charge in [0.2, 0.25) is 5.88 Å². The molecule has 0 aliphatic carbocycles. The largest absolute Gasteiger partial charge is 0.480 e. The van der Waals surface area contributed by atoms with Gasteiger partial charge in [-0.25, -0.2) is 4.98 Å². The molecule has 0 bridgehead atoms. The molecule has 0 aliphatic heterocycles. The van der Waals surface area contributed by atoms with E-state index >= 15 is 0 Å². The number of nitrogens with zero attached hydrogens (tertiary/aromatic N) is 2. The van der Waals surface area contributed by atoms with Crippen molar-refractivity contribution in [2.24, 2.45) is 0 Å². The molecule has 0 N–H and O–H groups in total. The fourth-order valence-corrected chi connectivity index (χ4v) is 1.95. The average Bonchev–Trinajstić information content (AvgIpc) is 2.82. The third kappa shape index (κ3) is 1.69. The van der Waals surface area contributed by atoms with Gasteiger partial charge in [0.1, 0.15) is 10.9 Å². The zero-order valence-electron chi connectivity index (χ0n) is 9.65. The Morgan fingerprint density at radius 2 is 1.95 bits per heavy atom. The van der Waals surface area contributed by atoms with Crippen LogP contribution in [0.25, 0.3) is 21.8 Å².